The zero-order chi connectivity index (χ0) is 20.1. The highest BCUT2D eigenvalue weighted by Gasteiger charge is 2.14. The van der Waals surface area contributed by atoms with E-state index in [1.165, 1.54) is 6.26 Å². The van der Waals surface area contributed by atoms with E-state index in [2.05, 4.69) is 10.3 Å². The molecule has 1 unspecified atom stereocenters. The summed E-state index contributed by atoms with van der Waals surface area (Å²) in [5.41, 5.74) is 3.64. The summed E-state index contributed by atoms with van der Waals surface area (Å²) in [5, 5.41) is 26.7. The fourth-order valence-electron chi connectivity index (χ4n) is 2.96. The Morgan fingerprint density at radius 2 is 1.61 bits per heavy atom. The number of hydrogen-bond acceptors (Lipinski definition) is 6. The van der Waals surface area contributed by atoms with Gasteiger partial charge in [-0.25, -0.2) is 13.1 Å². The molecule has 1 aromatic heterocycles. The van der Waals surface area contributed by atoms with Gasteiger partial charge in [-0.3, -0.25) is 0 Å². The van der Waals surface area contributed by atoms with E-state index in [1.807, 2.05) is 24.3 Å². The van der Waals surface area contributed by atoms with Gasteiger partial charge in [0.2, 0.25) is 0 Å². The van der Waals surface area contributed by atoms with Crippen LogP contribution in [0, 0.1) is 0 Å². The maximum Gasteiger partial charge on any atom is 0.175 e. The van der Waals surface area contributed by atoms with Crippen LogP contribution in [0.1, 0.15) is 17.3 Å². The van der Waals surface area contributed by atoms with Crippen LogP contribution in [-0.2, 0) is 22.7 Å². The van der Waals surface area contributed by atoms with Crippen molar-refractivity contribution in [1.29, 1.82) is 0 Å². The van der Waals surface area contributed by atoms with E-state index in [-0.39, 0.29) is 19.3 Å². The molecule has 0 amide bonds. The summed E-state index contributed by atoms with van der Waals surface area (Å²) in [6.07, 6.45) is 3.96. The predicted molar refractivity (Wildman–Crippen MR) is 106 cm³/mol. The van der Waals surface area contributed by atoms with Crippen molar-refractivity contribution < 1.29 is 18.6 Å². The fraction of sp³-hybridized carbons (Fsp3) is 0.300. The monoisotopic (exact) mass is 401 g/mol. The number of sulfone groups is 1. The normalized spacial score (nSPS) is 12.8. The lowest BCUT2D eigenvalue weighted by Crippen LogP contribution is -2.16. The maximum atomic E-state index is 11.6. The lowest BCUT2D eigenvalue weighted by Gasteiger charge is -2.14. The summed E-state index contributed by atoms with van der Waals surface area (Å²) in [4.78, 5) is 0.298. The van der Waals surface area contributed by atoms with Gasteiger partial charge in [-0.2, -0.15) is 0 Å². The van der Waals surface area contributed by atoms with Gasteiger partial charge in [-0.1, -0.05) is 41.6 Å². The summed E-state index contributed by atoms with van der Waals surface area (Å²) in [6.45, 7) is -0.0637. The maximum absolute atomic E-state index is 11.6. The van der Waals surface area contributed by atoms with Gasteiger partial charge in [-0.05, 0) is 35.2 Å². The number of rotatable bonds is 8. The summed E-state index contributed by atoms with van der Waals surface area (Å²) in [7, 11) is -3.20. The van der Waals surface area contributed by atoms with Crippen LogP contribution in [0.5, 0.6) is 0 Å². The van der Waals surface area contributed by atoms with E-state index >= 15 is 0 Å². The summed E-state index contributed by atoms with van der Waals surface area (Å²) >= 11 is 0. The van der Waals surface area contributed by atoms with E-state index in [0.717, 1.165) is 16.7 Å². The van der Waals surface area contributed by atoms with Crippen LogP contribution in [0.3, 0.4) is 0 Å². The summed E-state index contributed by atoms with van der Waals surface area (Å²) in [6, 6.07) is 14.5. The minimum Gasteiger partial charge on any atom is -0.396 e. The highest BCUT2D eigenvalue weighted by atomic mass is 32.2. The third kappa shape index (κ3) is 4.83. The molecule has 2 aromatic carbocycles. The molecule has 7 nitrogen and oxygen atoms in total. The Balaban J connectivity index is 1.72. The van der Waals surface area contributed by atoms with Crippen molar-refractivity contribution in [1.82, 2.24) is 15.0 Å². The molecule has 148 valence electrons. The van der Waals surface area contributed by atoms with Gasteiger partial charge in [0.1, 0.15) is 0 Å². The average Bonchev–Trinajstić information content (AvgIpc) is 3.15. The topological polar surface area (TPSA) is 105 Å². The van der Waals surface area contributed by atoms with E-state index in [9.17, 15) is 13.5 Å². The zero-order valence-electron chi connectivity index (χ0n) is 15.6. The van der Waals surface area contributed by atoms with Crippen LogP contribution < -0.4 is 0 Å². The molecule has 3 aromatic rings. The number of hydrogen-bond donors (Lipinski definition) is 2. The van der Waals surface area contributed by atoms with Crippen LogP contribution in [0.2, 0.25) is 0 Å². The highest BCUT2D eigenvalue weighted by molar-refractivity contribution is 7.90. The van der Waals surface area contributed by atoms with Gasteiger partial charge in [0.05, 0.1) is 23.2 Å². The summed E-state index contributed by atoms with van der Waals surface area (Å²) < 4.78 is 24.8. The quantitative estimate of drug-likeness (QED) is 0.595. The molecule has 3 rings (SSSR count). The Morgan fingerprint density at radius 1 is 1.00 bits per heavy atom. The first kappa shape index (κ1) is 20.2. The van der Waals surface area contributed by atoms with E-state index < -0.39 is 9.84 Å². The first-order chi connectivity index (χ1) is 13.4. The van der Waals surface area contributed by atoms with E-state index in [4.69, 9.17) is 5.11 Å². The van der Waals surface area contributed by atoms with Crippen molar-refractivity contribution in [2.24, 2.45) is 0 Å². The van der Waals surface area contributed by atoms with Crippen LogP contribution in [0.4, 0.5) is 0 Å². The predicted octanol–water partition coefficient (Wildman–Crippen LogP) is 1.66. The molecule has 0 saturated carbocycles. The van der Waals surface area contributed by atoms with Crippen molar-refractivity contribution in [3.05, 3.63) is 66.0 Å². The zero-order valence-corrected chi connectivity index (χ0v) is 16.4. The number of aromatic nitrogens is 3. The molecule has 8 heteroatoms. The lowest BCUT2D eigenvalue weighted by molar-refractivity contribution is 0.216. The van der Waals surface area contributed by atoms with Crippen molar-refractivity contribution in [2.75, 3.05) is 19.5 Å². The van der Waals surface area contributed by atoms with Gasteiger partial charge >= 0.3 is 0 Å². The Kier molecular flexibility index (Phi) is 6.23. The van der Waals surface area contributed by atoms with Crippen molar-refractivity contribution in [3.63, 3.8) is 0 Å². The van der Waals surface area contributed by atoms with E-state index in [1.54, 1.807) is 35.1 Å². The van der Waals surface area contributed by atoms with Gasteiger partial charge in [0, 0.05) is 25.5 Å². The number of aliphatic hydroxyl groups excluding tert-OH is 2. The highest BCUT2D eigenvalue weighted by Crippen LogP contribution is 2.23. The number of nitrogens with zero attached hydrogens (tertiary/aromatic N) is 3. The number of benzene rings is 2. The first-order valence-electron chi connectivity index (χ1n) is 8.92. The average molecular weight is 401 g/mol. The molecule has 1 heterocycles. The molecule has 0 aliphatic carbocycles. The van der Waals surface area contributed by atoms with Crippen LogP contribution in [0.25, 0.3) is 11.1 Å². The lowest BCUT2D eigenvalue weighted by atomic mass is 10.0. The fourth-order valence-corrected chi connectivity index (χ4v) is 3.59. The van der Waals surface area contributed by atoms with Crippen molar-refractivity contribution >= 4 is 9.84 Å². The minimum atomic E-state index is -3.20. The molecular weight excluding hydrogens is 378 g/mol. The van der Waals surface area contributed by atoms with Crippen molar-refractivity contribution in [2.45, 2.75) is 23.8 Å². The second-order valence-electron chi connectivity index (χ2n) is 6.70. The molecular formula is C20H23N3O4S. The van der Waals surface area contributed by atoms with Crippen LogP contribution >= 0.6 is 0 Å². The Labute approximate surface area is 164 Å². The van der Waals surface area contributed by atoms with Crippen LogP contribution in [-0.4, -0.2) is 53.1 Å². The molecule has 0 aliphatic heterocycles. The van der Waals surface area contributed by atoms with Gasteiger partial charge in [-0.15, -0.1) is 5.10 Å². The summed E-state index contributed by atoms with van der Waals surface area (Å²) in [5.74, 6) is 0. The van der Waals surface area contributed by atoms with Gasteiger partial charge in [0.15, 0.2) is 9.84 Å². The molecule has 0 aliphatic rings. The van der Waals surface area contributed by atoms with Crippen LogP contribution in [0.15, 0.2) is 59.6 Å². The smallest absolute Gasteiger partial charge is 0.175 e. The molecule has 2 N–H and O–H groups in total. The Morgan fingerprint density at radius 3 is 2.14 bits per heavy atom. The first-order valence-corrected chi connectivity index (χ1v) is 10.8. The SMILES string of the molecule is CS(=O)(=O)c1ccc(-c2ccc(CC(CO)n3cc(CCO)nn3)cc2)cc1. The second kappa shape index (κ2) is 8.64. The minimum absolute atomic E-state index is 0.00904. The third-order valence-electron chi connectivity index (χ3n) is 4.55. The molecule has 0 spiro atoms. The Hall–Kier alpha value is -2.55. The largest absolute Gasteiger partial charge is 0.396 e. The standard InChI is InChI=1S/C20H23N3O4S/c1-28(26,27)20-8-6-17(7-9-20)16-4-2-15(3-5-16)12-19(14-25)23-13-18(10-11-24)21-22-23/h2-9,13,19,24-25H,10-12,14H2,1H3. The molecule has 28 heavy (non-hydrogen) atoms. The number of aliphatic hydroxyl groups is 2. The second-order valence-corrected chi connectivity index (χ2v) is 8.71. The molecule has 0 saturated heterocycles. The molecule has 0 radical (unpaired) electrons. The Bertz CT molecular complexity index is 1010. The van der Waals surface area contributed by atoms with Crippen molar-refractivity contribution in [3.8, 4) is 11.1 Å². The van der Waals surface area contributed by atoms with Gasteiger partial charge in [0.25, 0.3) is 0 Å². The third-order valence-corrected chi connectivity index (χ3v) is 5.68. The van der Waals surface area contributed by atoms with Gasteiger partial charge < -0.3 is 10.2 Å². The molecule has 1 atom stereocenters. The van der Waals surface area contributed by atoms with E-state index in [0.29, 0.717) is 23.4 Å². The molecule has 0 bridgehead atoms. The molecule has 0 fully saturated rings.